The van der Waals surface area contributed by atoms with E-state index in [1.807, 2.05) is 36.4 Å². The molecule has 0 bridgehead atoms. The van der Waals surface area contributed by atoms with Crippen LogP contribution in [0.3, 0.4) is 0 Å². The van der Waals surface area contributed by atoms with Gasteiger partial charge in [0, 0.05) is 5.69 Å². The zero-order valence-corrected chi connectivity index (χ0v) is 14.7. The summed E-state index contributed by atoms with van der Waals surface area (Å²) < 4.78 is 6.54. The average molecular weight is 370 g/mol. The van der Waals surface area contributed by atoms with Gasteiger partial charge in [-0.15, -0.1) is 0 Å². The molecule has 0 radical (unpaired) electrons. The zero-order chi connectivity index (χ0) is 18.5. The molecule has 0 fully saturated rings. The maximum Gasteiger partial charge on any atom is 0.343 e. The number of aromatic nitrogens is 2. The van der Waals surface area contributed by atoms with Crippen LogP contribution in [0.15, 0.2) is 60.7 Å². The van der Waals surface area contributed by atoms with Crippen molar-refractivity contribution in [3.05, 3.63) is 77.1 Å². The van der Waals surface area contributed by atoms with Gasteiger partial charge in [0.15, 0.2) is 6.61 Å². The molecular weight excluding hydrogens is 354 g/mol. The molecule has 0 unspecified atom stereocenters. The van der Waals surface area contributed by atoms with E-state index in [0.717, 1.165) is 5.69 Å². The Morgan fingerprint density at radius 2 is 1.69 bits per heavy atom. The van der Waals surface area contributed by atoms with Crippen LogP contribution >= 0.6 is 11.6 Å². The normalized spacial score (nSPS) is 10.4. The van der Waals surface area contributed by atoms with Gasteiger partial charge in [-0.3, -0.25) is 4.79 Å². The maximum atomic E-state index is 12.3. The van der Waals surface area contributed by atoms with E-state index in [4.69, 9.17) is 16.3 Å². The minimum atomic E-state index is -0.696. The number of para-hydroxylation sites is 2. The Kier molecular flexibility index (Phi) is 5.34. The molecule has 0 aliphatic rings. The standard InChI is InChI=1S/C19H16ClN3O3/c1-13-17(18(20)23(22-13)15-10-6-3-7-11-15)19(25)26-12-16(24)21-14-8-4-2-5-9-14/h2-11H,12H2,1H3,(H,21,24). The van der Waals surface area contributed by atoms with Gasteiger partial charge in [0.25, 0.3) is 5.91 Å². The number of nitrogens with one attached hydrogen (secondary N) is 1. The summed E-state index contributed by atoms with van der Waals surface area (Å²) in [5.41, 5.74) is 1.91. The van der Waals surface area contributed by atoms with Crippen LogP contribution in [0.2, 0.25) is 5.15 Å². The Hall–Kier alpha value is -3.12. The molecule has 6 nitrogen and oxygen atoms in total. The van der Waals surface area contributed by atoms with Crippen molar-refractivity contribution in [2.24, 2.45) is 0 Å². The van der Waals surface area contributed by atoms with Crippen molar-refractivity contribution in [2.45, 2.75) is 6.92 Å². The number of benzene rings is 2. The Morgan fingerprint density at radius 3 is 2.35 bits per heavy atom. The van der Waals surface area contributed by atoms with Crippen LogP contribution in [0.25, 0.3) is 5.69 Å². The summed E-state index contributed by atoms with van der Waals surface area (Å²) in [7, 11) is 0. The van der Waals surface area contributed by atoms with Gasteiger partial charge in [0.05, 0.1) is 11.4 Å². The number of hydrogen-bond acceptors (Lipinski definition) is 4. The van der Waals surface area contributed by atoms with Gasteiger partial charge in [-0.05, 0) is 31.2 Å². The summed E-state index contributed by atoms with van der Waals surface area (Å²) in [5, 5.41) is 7.06. The van der Waals surface area contributed by atoms with E-state index in [1.54, 1.807) is 31.2 Å². The predicted octanol–water partition coefficient (Wildman–Crippen LogP) is 3.63. The second kappa shape index (κ2) is 7.84. The molecule has 0 spiro atoms. The molecule has 7 heteroatoms. The lowest BCUT2D eigenvalue weighted by Crippen LogP contribution is -2.21. The van der Waals surface area contributed by atoms with Crippen LogP contribution in [0, 0.1) is 6.92 Å². The largest absolute Gasteiger partial charge is 0.452 e. The SMILES string of the molecule is Cc1nn(-c2ccccc2)c(Cl)c1C(=O)OCC(=O)Nc1ccccc1. The van der Waals surface area contributed by atoms with Crippen LogP contribution in [-0.4, -0.2) is 28.3 Å². The molecule has 3 aromatic rings. The van der Waals surface area contributed by atoms with E-state index in [2.05, 4.69) is 10.4 Å². The number of aryl methyl sites for hydroxylation is 1. The first-order valence-electron chi connectivity index (χ1n) is 7.89. The van der Waals surface area contributed by atoms with Crippen molar-refractivity contribution in [1.29, 1.82) is 0 Å². The fourth-order valence-corrected chi connectivity index (χ4v) is 2.74. The molecule has 2 aromatic carbocycles. The van der Waals surface area contributed by atoms with Gasteiger partial charge in [0.1, 0.15) is 10.7 Å². The number of carbonyl (C=O) groups excluding carboxylic acids is 2. The molecule has 1 heterocycles. The van der Waals surface area contributed by atoms with Crippen LogP contribution < -0.4 is 5.32 Å². The number of anilines is 1. The van der Waals surface area contributed by atoms with Crippen molar-refractivity contribution >= 4 is 29.2 Å². The summed E-state index contributed by atoms with van der Waals surface area (Å²) in [6, 6.07) is 18.1. The molecule has 1 N–H and O–H groups in total. The van der Waals surface area contributed by atoms with Crippen molar-refractivity contribution < 1.29 is 14.3 Å². The van der Waals surface area contributed by atoms with E-state index >= 15 is 0 Å². The number of hydrogen-bond donors (Lipinski definition) is 1. The molecule has 0 aliphatic heterocycles. The van der Waals surface area contributed by atoms with Gasteiger partial charge < -0.3 is 10.1 Å². The third-order valence-corrected chi connectivity index (χ3v) is 3.95. The van der Waals surface area contributed by atoms with Crippen LogP contribution in [0.5, 0.6) is 0 Å². The molecule has 1 amide bonds. The monoisotopic (exact) mass is 369 g/mol. The van der Waals surface area contributed by atoms with E-state index in [-0.39, 0.29) is 10.7 Å². The van der Waals surface area contributed by atoms with E-state index in [9.17, 15) is 9.59 Å². The molecule has 0 saturated heterocycles. The van der Waals surface area contributed by atoms with Crippen LogP contribution in [0.4, 0.5) is 5.69 Å². The highest BCUT2D eigenvalue weighted by Gasteiger charge is 2.23. The van der Waals surface area contributed by atoms with Gasteiger partial charge in [-0.2, -0.15) is 5.10 Å². The lowest BCUT2D eigenvalue weighted by molar-refractivity contribution is -0.119. The lowest BCUT2D eigenvalue weighted by Gasteiger charge is -2.06. The van der Waals surface area contributed by atoms with Gasteiger partial charge in [-0.1, -0.05) is 48.0 Å². The summed E-state index contributed by atoms with van der Waals surface area (Å²) in [5.74, 6) is -1.13. The Morgan fingerprint density at radius 1 is 1.08 bits per heavy atom. The third-order valence-electron chi connectivity index (χ3n) is 3.60. The Balaban J connectivity index is 1.68. The fourth-order valence-electron chi connectivity index (χ4n) is 2.39. The fraction of sp³-hybridized carbons (Fsp3) is 0.105. The Bertz CT molecular complexity index is 924. The van der Waals surface area contributed by atoms with Gasteiger partial charge in [-0.25, -0.2) is 9.48 Å². The van der Waals surface area contributed by atoms with Crippen molar-refractivity contribution in [2.75, 3.05) is 11.9 Å². The summed E-state index contributed by atoms with van der Waals surface area (Å²) in [6.45, 7) is 1.24. The smallest absolute Gasteiger partial charge is 0.343 e. The van der Waals surface area contributed by atoms with Crippen LogP contribution in [0.1, 0.15) is 16.1 Å². The topological polar surface area (TPSA) is 73.2 Å². The first-order chi connectivity index (χ1) is 12.6. The van der Waals surface area contributed by atoms with Crippen LogP contribution in [-0.2, 0) is 9.53 Å². The highest BCUT2D eigenvalue weighted by Crippen LogP contribution is 2.24. The molecule has 0 atom stereocenters. The van der Waals surface area contributed by atoms with Crippen molar-refractivity contribution in [1.82, 2.24) is 9.78 Å². The van der Waals surface area contributed by atoms with Gasteiger partial charge >= 0.3 is 5.97 Å². The molecule has 26 heavy (non-hydrogen) atoms. The van der Waals surface area contributed by atoms with Gasteiger partial charge in [0.2, 0.25) is 0 Å². The molecule has 1 aromatic heterocycles. The molecule has 132 valence electrons. The Labute approximate surface area is 155 Å². The number of ether oxygens (including phenoxy) is 1. The highest BCUT2D eigenvalue weighted by atomic mass is 35.5. The summed E-state index contributed by atoms with van der Waals surface area (Å²) in [6.07, 6.45) is 0. The molecule has 0 aliphatic carbocycles. The second-order valence-corrected chi connectivity index (χ2v) is 5.85. The molecule has 0 saturated carbocycles. The summed E-state index contributed by atoms with van der Waals surface area (Å²) >= 11 is 6.30. The number of amides is 1. The quantitative estimate of drug-likeness (QED) is 0.697. The second-order valence-electron chi connectivity index (χ2n) is 5.49. The third kappa shape index (κ3) is 3.92. The number of halogens is 1. The minimum Gasteiger partial charge on any atom is -0.452 e. The number of carbonyl (C=O) groups is 2. The first kappa shape index (κ1) is 17.7. The lowest BCUT2D eigenvalue weighted by atomic mass is 10.2. The predicted molar refractivity (Wildman–Crippen MR) is 98.7 cm³/mol. The number of esters is 1. The zero-order valence-electron chi connectivity index (χ0n) is 14.0. The van der Waals surface area contributed by atoms with E-state index in [1.165, 1.54) is 4.68 Å². The number of nitrogens with zero attached hydrogens (tertiary/aromatic N) is 2. The van der Waals surface area contributed by atoms with E-state index in [0.29, 0.717) is 11.4 Å². The van der Waals surface area contributed by atoms with Crippen molar-refractivity contribution in [3.8, 4) is 5.69 Å². The minimum absolute atomic E-state index is 0.141. The molecular formula is C19H16ClN3O3. The first-order valence-corrected chi connectivity index (χ1v) is 8.26. The average Bonchev–Trinajstić information content (AvgIpc) is 2.96. The molecule has 3 rings (SSSR count). The van der Waals surface area contributed by atoms with Crippen molar-refractivity contribution in [3.63, 3.8) is 0 Å². The number of rotatable bonds is 5. The van der Waals surface area contributed by atoms with E-state index < -0.39 is 18.5 Å². The summed E-state index contributed by atoms with van der Waals surface area (Å²) in [4.78, 5) is 24.3. The highest BCUT2D eigenvalue weighted by molar-refractivity contribution is 6.33. The maximum absolute atomic E-state index is 12.3.